The van der Waals surface area contributed by atoms with E-state index in [2.05, 4.69) is 21.7 Å². The third kappa shape index (κ3) is 4.37. The smallest absolute Gasteiger partial charge is 0.297 e. The molecule has 1 aliphatic carbocycles. The van der Waals surface area contributed by atoms with E-state index in [-0.39, 0.29) is 23.3 Å². The minimum atomic E-state index is -0.247. The molecule has 148 valence electrons. The highest BCUT2D eigenvalue weighted by Gasteiger charge is 2.24. The normalized spacial score (nSPS) is 13.2. The van der Waals surface area contributed by atoms with Gasteiger partial charge in [0.1, 0.15) is 0 Å². The van der Waals surface area contributed by atoms with Crippen molar-refractivity contribution >= 4 is 11.7 Å². The third-order valence-corrected chi connectivity index (χ3v) is 5.03. The van der Waals surface area contributed by atoms with Crippen LogP contribution in [0.4, 0.5) is 5.82 Å². The molecule has 0 bridgehead atoms. The van der Waals surface area contributed by atoms with Crippen LogP contribution in [0.25, 0.3) is 5.69 Å². The summed E-state index contributed by atoms with van der Waals surface area (Å²) in [5.41, 5.74) is 4.14. The van der Waals surface area contributed by atoms with E-state index < -0.39 is 0 Å². The van der Waals surface area contributed by atoms with Crippen LogP contribution in [0, 0.1) is 13.8 Å². The van der Waals surface area contributed by atoms with Crippen LogP contribution in [-0.4, -0.2) is 21.5 Å². The summed E-state index contributed by atoms with van der Waals surface area (Å²) in [7, 11) is 0. The second kappa shape index (κ2) is 7.91. The molecule has 2 aromatic carbocycles. The molecule has 2 N–H and O–H groups in total. The third-order valence-electron chi connectivity index (χ3n) is 5.03. The van der Waals surface area contributed by atoms with E-state index in [9.17, 15) is 9.59 Å². The average molecular weight is 388 g/mol. The summed E-state index contributed by atoms with van der Waals surface area (Å²) in [6.45, 7) is 4.47. The lowest BCUT2D eigenvalue weighted by Crippen LogP contribution is -2.26. The molecule has 29 heavy (non-hydrogen) atoms. The van der Waals surface area contributed by atoms with Crippen molar-refractivity contribution in [2.24, 2.45) is 0 Å². The van der Waals surface area contributed by atoms with Gasteiger partial charge in [0.15, 0.2) is 5.82 Å². The summed E-state index contributed by atoms with van der Waals surface area (Å²) in [5.74, 6) is 0.176. The van der Waals surface area contributed by atoms with E-state index in [1.807, 2.05) is 38.1 Å². The van der Waals surface area contributed by atoms with Gasteiger partial charge in [-0.25, -0.2) is 4.98 Å². The van der Waals surface area contributed by atoms with Gasteiger partial charge in [-0.05, 0) is 49.9 Å². The molecule has 0 atom stereocenters. The van der Waals surface area contributed by atoms with Crippen molar-refractivity contribution in [3.63, 3.8) is 0 Å². The van der Waals surface area contributed by atoms with E-state index in [1.165, 1.54) is 10.1 Å². The number of aromatic nitrogens is 2. The summed E-state index contributed by atoms with van der Waals surface area (Å²) in [5, 5.41) is 6.12. The molecule has 1 saturated carbocycles. The van der Waals surface area contributed by atoms with Crippen LogP contribution in [0.3, 0.4) is 0 Å². The number of hydrogen-bond donors (Lipinski definition) is 2. The SMILES string of the molecule is Cc1cccc(CNc2nccn(-c3cc(C(=O)NC4CC4)ccc3C)c2=O)c1. The molecule has 0 unspecified atom stereocenters. The molecule has 1 aromatic heterocycles. The molecule has 0 radical (unpaired) electrons. The van der Waals surface area contributed by atoms with Crippen molar-refractivity contribution < 1.29 is 4.79 Å². The maximum atomic E-state index is 13.0. The number of rotatable bonds is 6. The van der Waals surface area contributed by atoms with Crippen molar-refractivity contribution in [2.75, 3.05) is 5.32 Å². The van der Waals surface area contributed by atoms with Crippen molar-refractivity contribution in [2.45, 2.75) is 39.3 Å². The van der Waals surface area contributed by atoms with E-state index in [0.717, 1.165) is 24.0 Å². The molecule has 1 fully saturated rings. The zero-order valence-corrected chi connectivity index (χ0v) is 16.6. The zero-order valence-electron chi connectivity index (χ0n) is 16.6. The van der Waals surface area contributed by atoms with Gasteiger partial charge in [0, 0.05) is 30.5 Å². The first-order valence-corrected chi connectivity index (χ1v) is 9.80. The van der Waals surface area contributed by atoms with Crippen molar-refractivity contribution in [3.8, 4) is 5.69 Å². The van der Waals surface area contributed by atoms with Gasteiger partial charge in [-0.2, -0.15) is 0 Å². The van der Waals surface area contributed by atoms with E-state index in [0.29, 0.717) is 17.8 Å². The fourth-order valence-electron chi connectivity index (χ4n) is 3.24. The van der Waals surface area contributed by atoms with E-state index in [1.54, 1.807) is 24.5 Å². The Hall–Kier alpha value is -3.41. The number of carbonyl (C=O) groups is 1. The average Bonchev–Trinajstić information content (AvgIpc) is 3.52. The Bertz CT molecular complexity index is 1120. The topological polar surface area (TPSA) is 76.0 Å². The molecule has 3 aromatic rings. The standard InChI is InChI=1S/C23H24N4O2/c1-15-4-3-5-17(12-15)14-25-21-23(29)27(11-10-24-21)20-13-18(7-6-16(20)2)22(28)26-19-8-9-19/h3-7,10-13,19H,8-9,14H2,1-2H3,(H,24,25)(H,26,28). The number of carbonyl (C=O) groups excluding carboxylic acids is 1. The van der Waals surface area contributed by atoms with Crippen LogP contribution in [-0.2, 0) is 6.54 Å². The molecule has 6 nitrogen and oxygen atoms in total. The fourth-order valence-corrected chi connectivity index (χ4v) is 3.24. The van der Waals surface area contributed by atoms with E-state index >= 15 is 0 Å². The van der Waals surface area contributed by atoms with Gasteiger partial charge in [0.05, 0.1) is 5.69 Å². The highest BCUT2D eigenvalue weighted by molar-refractivity contribution is 5.95. The second-order valence-corrected chi connectivity index (χ2v) is 7.54. The molecule has 0 spiro atoms. The molecule has 1 heterocycles. The van der Waals surface area contributed by atoms with Crippen LogP contribution < -0.4 is 16.2 Å². The summed E-state index contributed by atoms with van der Waals surface area (Å²) in [6.07, 6.45) is 5.29. The Kier molecular flexibility index (Phi) is 5.16. The van der Waals surface area contributed by atoms with Crippen LogP contribution in [0.15, 0.2) is 59.7 Å². The first-order chi connectivity index (χ1) is 14.0. The zero-order chi connectivity index (χ0) is 20.4. The van der Waals surface area contributed by atoms with Gasteiger partial charge in [-0.15, -0.1) is 0 Å². The molecular formula is C23H24N4O2. The Balaban J connectivity index is 1.61. The summed E-state index contributed by atoms with van der Waals surface area (Å²) < 4.78 is 1.54. The first-order valence-electron chi connectivity index (χ1n) is 9.80. The minimum absolute atomic E-state index is 0.103. The van der Waals surface area contributed by atoms with Crippen LogP contribution in [0.5, 0.6) is 0 Å². The van der Waals surface area contributed by atoms with E-state index in [4.69, 9.17) is 0 Å². The van der Waals surface area contributed by atoms with Gasteiger partial charge < -0.3 is 10.6 Å². The number of anilines is 1. The van der Waals surface area contributed by atoms with Gasteiger partial charge in [-0.3, -0.25) is 14.2 Å². The van der Waals surface area contributed by atoms with Gasteiger partial charge >= 0.3 is 0 Å². The van der Waals surface area contributed by atoms with Crippen molar-refractivity contribution in [1.82, 2.24) is 14.9 Å². The molecule has 0 aliphatic heterocycles. The predicted molar refractivity (Wildman–Crippen MR) is 114 cm³/mol. The van der Waals surface area contributed by atoms with Crippen LogP contribution in [0.1, 0.15) is 39.9 Å². The Morgan fingerprint density at radius 1 is 1.17 bits per heavy atom. The van der Waals surface area contributed by atoms with Gasteiger partial charge in [0.25, 0.3) is 11.5 Å². The first kappa shape index (κ1) is 18.9. The number of benzene rings is 2. The minimum Gasteiger partial charge on any atom is -0.361 e. The number of nitrogens with one attached hydrogen (secondary N) is 2. The van der Waals surface area contributed by atoms with Crippen molar-refractivity contribution in [3.05, 3.63) is 87.5 Å². The molecule has 6 heteroatoms. The van der Waals surface area contributed by atoms with Crippen molar-refractivity contribution in [1.29, 1.82) is 0 Å². The molecule has 4 rings (SSSR count). The number of nitrogens with zero attached hydrogens (tertiary/aromatic N) is 2. The molecular weight excluding hydrogens is 364 g/mol. The lowest BCUT2D eigenvalue weighted by molar-refractivity contribution is 0.0951. The maximum absolute atomic E-state index is 13.0. The summed E-state index contributed by atoms with van der Waals surface area (Å²) in [4.78, 5) is 29.6. The number of amides is 1. The Morgan fingerprint density at radius 3 is 2.76 bits per heavy atom. The highest BCUT2D eigenvalue weighted by Crippen LogP contribution is 2.21. The second-order valence-electron chi connectivity index (χ2n) is 7.54. The monoisotopic (exact) mass is 388 g/mol. The van der Waals surface area contributed by atoms with Crippen LogP contribution in [0.2, 0.25) is 0 Å². The Labute approximate surface area is 169 Å². The van der Waals surface area contributed by atoms with Crippen LogP contribution >= 0.6 is 0 Å². The fraction of sp³-hybridized carbons (Fsp3) is 0.261. The predicted octanol–water partition coefficient (Wildman–Crippen LogP) is 3.35. The largest absolute Gasteiger partial charge is 0.361 e. The highest BCUT2D eigenvalue weighted by atomic mass is 16.2. The lowest BCUT2D eigenvalue weighted by atomic mass is 10.1. The number of aryl methyl sites for hydroxylation is 2. The van der Waals surface area contributed by atoms with Gasteiger partial charge in [-0.1, -0.05) is 35.9 Å². The quantitative estimate of drug-likeness (QED) is 0.679. The molecule has 0 saturated heterocycles. The lowest BCUT2D eigenvalue weighted by Gasteiger charge is -2.13. The maximum Gasteiger partial charge on any atom is 0.297 e. The summed E-state index contributed by atoms with van der Waals surface area (Å²) >= 11 is 0. The summed E-state index contributed by atoms with van der Waals surface area (Å²) in [6, 6.07) is 13.8. The van der Waals surface area contributed by atoms with Gasteiger partial charge in [0.2, 0.25) is 0 Å². The number of hydrogen-bond acceptors (Lipinski definition) is 4. The Morgan fingerprint density at radius 2 is 2.00 bits per heavy atom. The molecule has 1 aliphatic rings. The molecule has 1 amide bonds.